The zero-order valence-electron chi connectivity index (χ0n) is 25.8. The fraction of sp³-hybridized carbons (Fsp3) is 0.433. The first-order valence-electron chi connectivity index (χ1n) is 14.7. The van der Waals surface area contributed by atoms with Gasteiger partial charge in [0, 0.05) is 12.5 Å². The summed E-state index contributed by atoms with van der Waals surface area (Å²) in [5.74, 6) is -1.80. The maximum atomic E-state index is 13.7. The molecule has 0 fully saturated rings. The van der Waals surface area contributed by atoms with Crippen LogP contribution < -0.4 is 15.0 Å². The summed E-state index contributed by atoms with van der Waals surface area (Å²) in [6.07, 6.45) is -16.3. The van der Waals surface area contributed by atoms with E-state index in [-0.39, 0.29) is 54.3 Å². The van der Waals surface area contributed by atoms with Gasteiger partial charge in [-0.3, -0.25) is 9.69 Å². The Kier molecular flexibility index (Phi) is 11.3. The minimum absolute atomic E-state index is 0.0439. The number of carbonyl (C=O) groups excluding carboxylic acids is 1. The highest BCUT2D eigenvalue weighted by molar-refractivity contribution is 5.90. The molecule has 1 aromatic carbocycles. The van der Waals surface area contributed by atoms with Crippen molar-refractivity contribution in [2.24, 2.45) is 0 Å². The van der Waals surface area contributed by atoms with E-state index in [1.165, 1.54) is 0 Å². The largest absolute Gasteiger partial charge is 0.488 e. The number of rotatable bonds is 11. The Labute approximate surface area is 277 Å². The van der Waals surface area contributed by atoms with E-state index < -0.39 is 91.1 Å². The van der Waals surface area contributed by atoms with E-state index in [0.29, 0.717) is 18.2 Å². The topological polar surface area (TPSA) is 147 Å². The molecule has 2 aromatic heterocycles. The summed E-state index contributed by atoms with van der Waals surface area (Å²) < 4.78 is 133. The van der Waals surface area contributed by atoms with Gasteiger partial charge in [-0.1, -0.05) is 6.92 Å². The zero-order chi connectivity index (χ0) is 37.0. The smallest absolute Gasteiger partial charge is 0.433 e. The van der Waals surface area contributed by atoms with Gasteiger partial charge in [0.2, 0.25) is 5.95 Å². The minimum atomic E-state index is -5.13. The van der Waals surface area contributed by atoms with Crippen LogP contribution in [0.1, 0.15) is 66.0 Å². The fourth-order valence-electron chi connectivity index (χ4n) is 5.14. The third kappa shape index (κ3) is 9.21. The quantitative estimate of drug-likeness (QED) is 0.184. The van der Waals surface area contributed by atoms with E-state index in [4.69, 9.17) is 14.6 Å². The number of nitrogens with zero attached hydrogens (tertiary/aromatic N) is 4. The van der Waals surface area contributed by atoms with Crippen molar-refractivity contribution in [3.8, 4) is 5.75 Å². The first-order chi connectivity index (χ1) is 23.3. The predicted octanol–water partition coefficient (Wildman–Crippen LogP) is 6.64. The third-order valence-electron chi connectivity index (χ3n) is 7.37. The second kappa shape index (κ2) is 14.9. The monoisotopic (exact) mass is 725 g/mol. The van der Waals surface area contributed by atoms with Gasteiger partial charge >= 0.3 is 30.6 Å². The lowest BCUT2D eigenvalue weighted by atomic mass is 9.93. The van der Waals surface area contributed by atoms with Gasteiger partial charge in [0.1, 0.15) is 18.9 Å². The molecule has 3 heterocycles. The Morgan fingerprint density at radius 3 is 2.18 bits per heavy atom. The number of halogens is 9. The number of aliphatic carboxylic acids is 1. The highest BCUT2D eigenvalue weighted by Gasteiger charge is 2.41. The van der Waals surface area contributed by atoms with Gasteiger partial charge in [0.25, 0.3) is 0 Å². The SMILES string of the molecule is CC[C@@H]1C[C@H](Nc2ncc(OCCO)c(Cc3cc(C(F)(F)F)cc(C(F)(F)F)c3)n2)c2nc(C(F)(F)F)ccc2N1C(=O)OCCC(=O)O. The molecule has 50 heavy (non-hydrogen) atoms. The van der Waals surface area contributed by atoms with Crippen LogP contribution in [0, 0.1) is 0 Å². The lowest BCUT2D eigenvalue weighted by Gasteiger charge is -2.39. The molecule has 1 aliphatic rings. The fourth-order valence-corrected chi connectivity index (χ4v) is 5.14. The van der Waals surface area contributed by atoms with Gasteiger partial charge in [-0.25, -0.2) is 19.7 Å². The number of aliphatic hydroxyl groups is 1. The number of fused-ring (bicyclic) bond motifs is 1. The van der Waals surface area contributed by atoms with Crippen LogP contribution >= 0.6 is 0 Å². The average Bonchev–Trinajstić information content (AvgIpc) is 3.02. The summed E-state index contributed by atoms with van der Waals surface area (Å²) in [5, 5.41) is 20.9. The number of alkyl halides is 9. The molecule has 0 unspecified atom stereocenters. The summed E-state index contributed by atoms with van der Waals surface area (Å²) in [6.45, 7) is 0.259. The number of amides is 1. The Hall–Kier alpha value is -4.88. The Bertz CT molecular complexity index is 1670. The second-order valence-corrected chi connectivity index (χ2v) is 10.9. The van der Waals surface area contributed by atoms with Crippen molar-refractivity contribution >= 4 is 23.7 Å². The standard InChI is InChI=1S/C30H28F9N5O6/c1-2-18-13-20(25-21(3-4-23(43-25)30(37,38)39)44(18)27(48)50-7-5-24(46)47)42-26-40-14-22(49-8-6-45)19(41-26)11-15-9-16(28(31,32)33)12-17(10-15)29(34,35)36/h3-4,9-10,12,14,18,20,45H,2,5-8,11,13H2,1H3,(H,46,47)(H,40,41,42)/t18-,20+/m1/s1. The van der Waals surface area contributed by atoms with Crippen LogP contribution in [0.3, 0.4) is 0 Å². The summed E-state index contributed by atoms with van der Waals surface area (Å²) in [6, 6.07) is 0.697. The molecule has 0 bridgehead atoms. The number of carboxylic acids is 1. The van der Waals surface area contributed by atoms with Crippen molar-refractivity contribution in [2.75, 3.05) is 30.0 Å². The number of pyridine rings is 1. The molecule has 0 radical (unpaired) electrons. The number of aliphatic hydroxyl groups excluding tert-OH is 1. The number of aromatic nitrogens is 3. The maximum Gasteiger partial charge on any atom is 0.433 e. The lowest BCUT2D eigenvalue weighted by Crippen LogP contribution is -2.46. The van der Waals surface area contributed by atoms with Gasteiger partial charge in [-0.15, -0.1) is 0 Å². The van der Waals surface area contributed by atoms with Crippen LogP contribution in [-0.2, 0) is 34.5 Å². The molecule has 3 aromatic rings. The number of hydrogen-bond donors (Lipinski definition) is 3. The van der Waals surface area contributed by atoms with Crippen LogP contribution in [0.25, 0.3) is 0 Å². The highest BCUT2D eigenvalue weighted by atomic mass is 19.4. The summed E-state index contributed by atoms with van der Waals surface area (Å²) in [4.78, 5) is 36.9. The van der Waals surface area contributed by atoms with Gasteiger partial charge in [0.05, 0.1) is 53.5 Å². The van der Waals surface area contributed by atoms with Crippen LogP contribution in [0.15, 0.2) is 36.5 Å². The number of benzene rings is 1. The molecule has 2 atom stereocenters. The van der Waals surface area contributed by atoms with Crippen LogP contribution in [0.2, 0.25) is 0 Å². The van der Waals surface area contributed by atoms with E-state index in [1.54, 1.807) is 6.92 Å². The normalized spacial score (nSPS) is 16.5. The van der Waals surface area contributed by atoms with Crippen molar-refractivity contribution in [1.29, 1.82) is 0 Å². The van der Waals surface area contributed by atoms with E-state index in [0.717, 1.165) is 17.2 Å². The number of anilines is 2. The number of hydrogen-bond acceptors (Lipinski definition) is 9. The molecule has 0 aliphatic carbocycles. The minimum Gasteiger partial charge on any atom is -0.488 e. The van der Waals surface area contributed by atoms with Gasteiger partial charge in [-0.05, 0) is 48.7 Å². The van der Waals surface area contributed by atoms with Gasteiger partial charge < -0.3 is 25.0 Å². The van der Waals surface area contributed by atoms with Crippen LogP contribution in [0.5, 0.6) is 5.75 Å². The Morgan fingerprint density at radius 2 is 1.62 bits per heavy atom. The highest BCUT2D eigenvalue weighted by Crippen LogP contribution is 2.42. The van der Waals surface area contributed by atoms with E-state index in [2.05, 4.69) is 20.3 Å². The molecule has 4 rings (SSSR count). The molecule has 0 saturated heterocycles. The number of carboxylic acid groups (broad SMARTS) is 1. The Balaban J connectivity index is 1.76. The van der Waals surface area contributed by atoms with Crippen molar-refractivity contribution < 1.29 is 68.8 Å². The first kappa shape index (κ1) is 37.9. The van der Waals surface area contributed by atoms with Crippen LogP contribution in [0.4, 0.5) is 55.9 Å². The molecule has 0 spiro atoms. The second-order valence-electron chi connectivity index (χ2n) is 10.9. The summed E-state index contributed by atoms with van der Waals surface area (Å²) in [7, 11) is 0. The van der Waals surface area contributed by atoms with Crippen molar-refractivity contribution in [3.05, 3.63) is 70.3 Å². The molecule has 1 aliphatic heterocycles. The molecule has 11 nitrogen and oxygen atoms in total. The van der Waals surface area contributed by atoms with Crippen molar-refractivity contribution in [1.82, 2.24) is 15.0 Å². The molecule has 20 heteroatoms. The maximum absolute atomic E-state index is 13.7. The summed E-state index contributed by atoms with van der Waals surface area (Å²) >= 11 is 0. The van der Waals surface area contributed by atoms with E-state index in [9.17, 15) is 54.2 Å². The average molecular weight is 726 g/mol. The molecular formula is C30H28F9N5O6. The zero-order valence-corrected chi connectivity index (χ0v) is 25.8. The first-order valence-corrected chi connectivity index (χ1v) is 14.7. The third-order valence-corrected chi connectivity index (χ3v) is 7.37. The number of nitrogens with one attached hydrogen (secondary N) is 1. The molecule has 0 saturated carbocycles. The molecule has 3 N–H and O–H groups in total. The number of ether oxygens (including phenoxy) is 2. The lowest BCUT2D eigenvalue weighted by molar-refractivity contribution is -0.143. The van der Waals surface area contributed by atoms with Crippen molar-refractivity contribution in [2.45, 2.75) is 63.2 Å². The molecule has 272 valence electrons. The van der Waals surface area contributed by atoms with Gasteiger partial charge in [-0.2, -0.15) is 39.5 Å². The van der Waals surface area contributed by atoms with E-state index in [1.807, 2.05) is 0 Å². The van der Waals surface area contributed by atoms with Crippen LogP contribution in [-0.4, -0.2) is 63.1 Å². The summed E-state index contributed by atoms with van der Waals surface area (Å²) in [5.41, 5.74) is -5.58. The molecular weight excluding hydrogens is 697 g/mol. The molecule has 1 amide bonds. The Morgan fingerprint density at radius 1 is 0.960 bits per heavy atom. The number of carbonyl (C=O) groups is 2. The predicted molar refractivity (Wildman–Crippen MR) is 154 cm³/mol. The van der Waals surface area contributed by atoms with Gasteiger partial charge in [0.15, 0.2) is 5.75 Å². The van der Waals surface area contributed by atoms with E-state index >= 15 is 0 Å². The van der Waals surface area contributed by atoms with Crippen molar-refractivity contribution in [3.63, 3.8) is 0 Å².